The summed E-state index contributed by atoms with van der Waals surface area (Å²) in [7, 11) is 6.69. The number of quaternary nitrogens is 1. The molecule has 2 aromatic carbocycles. The molecule has 0 saturated heterocycles. The average molecular weight is 607 g/mol. The zero-order chi connectivity index (χ0) is 30.9. The van der Waals surface area contributed by atoms with Gasteiger partial charge in [-0.1, -0.05) is 0 Å². The lowest BCUT2D eigenvalue weighted by molar-refractivity contribution is -0.929. The zero-order valence-electron chi connectivity index (χ0n) is 26.5. The minimum absolute atomic E-state index is 0.584. The zero-order valence-corrected chi connectivity index (χ0v) is 26.5. The van der Waals surface area contributed by atoms with E-state index in [0.29, 0.717) is 66.1 Å². The lowest BCUT2D eigenvalue weighted by Crippen LogP contribution is -2.54. The maximum Gasteiger partial charge on any atom is 0.119 e. The van der Waals surface area contributed by atoms with Crippen molar-refractivity contribution in [1.82, 2.24) is 0 Å². The summed E-state index contributed by atoms with van der Waals surface area (Å²) in [6, 6.07) is 15.1. The van der Waals surface area contributed by atoms with E-state index in [4.69, 9.17) is 37.9 Å². The molecule has 0 aromatic heterocycles. The van der Waals surface area contributed by atoms with Crippen LogP contribution < -0.4 is 9.47 Å². The Kier molecular flexibility index (Phi) is 20.2. The van der Waals surface area contributed by atoms with Crippen molar-refractivity contribution in [2.24, 2.45) is 10.2 Å². The van der Waals surface area contributed by atoms with Crippen molar-refractivity contribution in [2.45, 2.75) is 12.8 Å². The van der Waals surface area contributed by atoms with E-state index < -0.39 is 0 Å². The van der Waals surface area contributed by atoms with E-state index in [-0.39, 0.29) is 0 Å². The summed E-state index contributed by atoms with van der Waals surface area (Å²) < 4.78 is 45.0. The maximum absolute atomic E-state index is 6.03. The molecule has 0 saturated carbocycles. The molecular formula is C32H52N3O8+. The first-order valence-corrected chi connectivity index (χ1v) is 15.0. The maximum atomic E-state index is 6.03. The fourth-order valence-corrected chi connectivity index (χ4v) is 4.29. The summed E-state index contributed by atoms with van der Waals surface area (Å²) in [5, 5.41) is 8.59. The first-order valence-electron chi connectivity index (χ1n) is 15.0. The molecule has 0 atom stereocenters. The summed E-state index contributed by atoms with van der Waals surface area (Å²) in [4.78, 5) is 0. The van der Waals surface area contributed by atoms with E-state index >= 15 is 0 Å². The highest BCUT2D eigenvalue weighted by molar-refractivity contribution is 5.44. The van der Waals surface area contributed by atoms with E-state index in [1.165, 1.54) is 0 Å². The van der Waals surface area contributed by atoms with Crippen LogP contribution in [0.1, 0.15) is 12.8 Å². The van der Waals surface area contributed by atoms with Crippen LogP contribution in [0.3, 0.4) is 0 Å². The molecule has 0 aliphatic heterocycles. The molecule has 0 radical (unpaired) electrons. The Morgan fingerprint density at radius 2 is 0.907 bits per heavy atom. The standard InChI is InChI=1S/C32H52N3O8/c1-36-23-26-40-20-16-35(17-21-41-27-24-37-2,18-22-42-28-25-38-3)15-5-6-19-43-32-13-9-30(10-14-32)34-33-29-7-11-31(39-4)12-8-29/h7-14H,5-6,15-28H2,1-4H3/q+1. The van der Waals surface area contributed by atoms with Gasteiger partial charge in [0.2, 0.25) is 0 Å². The van der Waals surface area contributed by atoms with Crippen molar-refractivity contribution in [3.05, 3.63) is 48.5 Å². The van der Waals surface area contributed by atoms with Crippen LogP contribution in [0.2, 0.25) is 0 Å². The van der Waals surface area contributed by atoms with Crippen LogP contribution in [0.15, 0.2) is 58.8 Å². The van der Waals surface area contributed by atoms with E-state index in [9.17, 15) is 0 Å². The number of methoxy groups -OCH3 is 4. The fourth-order valence-electron chi connectivity index (χ4n) is 4.29. The lowest BCUT2D eigenvalue weighted by Gasteiger charge is -2.39. The molecule has 0 unspecified atom stereocenters. The molecule has 242 valence electrons. The summed E-state index contributed by atoms with van der Waals surface area (Å²) in [6.45, 7) is 9.69. The number of hydrogen-bond acceptors (Lipinski definition) is 10. The van der Waals surface area contributed by atoms with Crippen molar-refractivity contribution >= 4 is 11.4 Å². The summed E-state index contributed by atoms with van der Waals surface area (Å²) >= 11 is 0. The topological polar surface area (TPSA) is 98.6 Å². The third kappa shape index (κ3) is 16.7. The Morgan fingerprint density at radius 1 is 0.465 bits per heavy atom. The second-order valence-electron chi connectivity index (χ2n) is 10.00. The average Bonchev–Trinajstić information content (AvgIpc) is 3.04. The van der Waals surface area contributed by atoms with Gasteiger partial charge in [0.05, 0.1) is 91.1 Å². The van der Waals surface area contributed by atoms with E-state index in [0.717, 1.165) is 66.4 Å². The summed E-state index contributed by atoms with van der Waals surface area (Å²) in [5.41, 5.74) is 1.53. The van der Waals surface area contributed by atoms with Gasteiger partial charge in [0.25, 0.3) is 0 Å². The highest BCUT2D eigenvalue weighted by Gasteiger charge is 2.27. The molecule has 0 heterocycles. The molecule has 11 nitrogen and oxygen atoms in total. The van der Waals surface area contributed by atoms with Crippen LogP contribution in [0.4, 0.5) is 11.4 Å². The molecule has 2 rings (SSSR count). The van der Waals surface area contributed by atoms with Crippen molar-refractivity contribution < 1.29 is 42.4 Å². The highest BCUT2D eigenvalue weighted by Crippen LogP contribution is 2.23. The van der Waals surface area contributed by atoms with Crippen molar-refractivity contribution in [3.63, 3.8) is 0 Å². The number of ether oxygens (including phenoxy) is 8. The molecule has 0 aliphatic rings. The van der Waals surface area contributed by atoms with E-state index in [1.807, 2.05) is 48.5 Å². The molecule has 0 aliphatic carbocycles. The second-order valence-corrected chi connectivity index (χ2v) is 10.00. The monoisotopic (exact) mass is 606 g/mol. The van der Waals surface area contributed by atoms with Gasteiger partial charge in [0.15, 0.2) is 0 Å². The summed E-state index contributed by atoms with van der Waals surface area (Å²) in [5.74, 6) is 1.60. The number of azo groups is 1. The van der Waals surface area contributed by atoms with E-state index in [1.54, 1.807) is 28.4 Å². The molecule has 0 N–H and O–H groups in total. The summed E-state index contributed by atoms with van der Waals surface area (Å²) in [6.07, 6.45) is 1.93. The number of benzene rings is 2. The predicted molar refractivity (Wildman–Crippen MR) is 166 cm³/mol. The SMILES string of the molecule is COCCOCC[N+](CCCCOc1ccc(N=Nc2ccc(OC)cc2)cc1)(CCOCCOC)CCOCCOC. The molecule has 0 bridgehead atoms. The minimum Gasteiger partial charge on any atom is -0.497 e. The molecule has 0 amide bonds. The Hall–Kier alpha value is -2.64. The molecule has 11 heteroatoms. The molecular weight excluding hydrogens is 554 g/mol. The normalized spacial score (nSPS) is 11.8. The highest BCUT2D eigenvalue weighted by atomic mass is 16.5. The Labute approximate surface area is 257 Å². The van der Waals surface area contributed by atoms with Gasteiger partial charge < -0.3 is 42.4 Å². The van der Waals surface area contributed by atoms with Gasteiger partial charge in [-0.2, -0.15) is 10.2 Å². The van der Waals surface area contributed by atoms with Crippen LogP contribution in [0, 0.1) is 0 Å². The number of unbranched alkanes of at least 4 members (excludes halogenated alkanes) is 1. The third-order valence-electron chi connectivity index (χ3n) is 6.91. The smallest absolute Gasteiger partial charge is 0.119 e. The number of nitrogens with zero attached hydrogens (tertiary/aromatic N) is 3. The van der Waals surface area contributed by atoms with Gasteiger partial charge in [-0.3, -0.25) is 0 Å². The Bertz CT molecular complexity index is 924. The largest absolute Gasteiger partial charge is 0.497 e. The van der Waals surface area contributed by atoms with Gasteiger partial charge >= 0.3 is 0 Å². The third-order valence-corrected chi connectivity index (χ3v) is 6.91. The van der Waals surface area contributed by atoms with Crippen LogP contribution in [0.5, 0.6) is 11.5 Å². The minimum atomic E-state index is 0.584. The Morgan fingerprint density at radius 3 is 1.33 bits per heavy atom. The van der Waals surface area contributed by atoms with Crippen LogP contribution in [-0.4, -0.2) is 125 Å². The van der Waals surface area contributed by atoms with Crippen LogP contribution in [-0.2, 0) is 28.4 Å². The van der Waals surface area contributed by atoms with Crippen molar-refractivity contribution in [3.8, 4) is 11.5 Å². The van der Waals surface area contributed by atoms with Gasteiger partial charge in [0, 0.05) is 21.3 Å². The molecule has 0 fully saturated rings. The Balaban J connectivity index is 1.87. The van der Waals surface area contributed by atoms with Gasteiger partial charge in [0.1, 0.15) is 31.1 Å². The number of rotatable bonds is 27. The van der Waals surface area contributed by atoms with Gasteiger partial charge in [-0.15, -0.1) is 0 Å². The van der Waals surface area contributed by atoms with Crippen LogP contribution >= 0.6 is 0 Å². The molecule has 43 heavy (non-hydrogen) atoms. The second kappa shape index (κ2) is 23.8. The van der Waals surface area contributed by atoms with Crippen LogP contribution in [0.25, 0.3) is 0 Å². The number of hydrogen-bond donors (Lipinski definition) is 0. The first-order chi connectivity index (χ1) is 21.1. The van der Waals surface area contributed by atoms with Gasteiger partial charge in [-0.05, 0) is 61.4 Å². The fraction of sp³-hybridized carbons (Fsp3) is 0.625. The molecule has 0 spiro atoms. The first kappa shape index (κ1) is 36.6. The predicted octanol–water partition coefficient (Wildman–Crippen LogP) is 5.08. The van der Waals surface area contributed by atoms with Crippen molar-refractivity contribution in [1.29, 1.82) is 0 Å². The molecule has 2 aromatic rings. The van der Waals surface area contributed by atoms with E-state index in [2.05, 4.69) is 10.2 Å². The van der Waals surface area contributed by atoms with Crippen molar-refractivity contribution in [2.75, 3.05) is 121 Å². The lowest BCUT2D eigenvalue weighted by atomic mass is 10.2. The quantitative estimate of drug-likeness (QED) is 0.0790. The van der Waals surface area contributed by atoms with Gasteiger partial charge in [-0.25, -0.2) is 0 Å².